The van der Waals surface area contributed by atoms with Gasteiger partial charge in [0.25, 0.3) is 0 Å². The van der Waals surface area contributed by atoms with E-state index in [0.29, 0.717) is 12.5 Å². The van der Waals surface area contributed by atoms with Gasteiger partial charge in [-0.25, -0.2) is 0 Å². The maximum absolute atomic E-state index is 12.2. The maximum Gasteiger partial charge on any atom is 0.167 e. The number of ketones is 1. The summed E-state index contributed by atoms with van der Waals surface area (Å²) >= 11 is 0. The van der Waals surface area contributed by atoms with Crippen LogP contribution in [0.15, 0.2) is 12.4 Å². The highest BCUT2D eigenvalue weighted by Crippen LogP contribution is 2.13. The van der Waals surface area contributed by atoms with Gasteiger partial charge >= 0.3 is 0 Å². The lowest BCUT2D eigenvalue weighted by atomic mass is 10.0. The van der Waals surface area contributed by atoms with Gasteiger partial charge in [-0.05, 0) is 21.0 Å². The van der Waals surface area contributed by atoms with Crippen LogP contribution in [0, 0.1) is 0 Å². The molecule has 1 fully saturated rings. The second-order valence-corrected chi connectivity index (χ2v) is 5.11. The van der Waals surface area contributed by atoms with Crippen LogP contribution in [0.1, 0.15) is 23.7 Å². The molecule has 5 nitrogen and oxygen atoms in total. The summed E-state index contributed by atoms with van der Waals surface area (Å²) in [6.07, 6.45) is 4.10. The van der Waals surface area contributed by atoms with E-state index in [1.807, 2.05) is 13.1 Å². The van der Waals surface area contributed by atoms with Crippen LogP contribution in [0.2, 0.25) is 0 Å². The number of Topliss-reactive ketones (excluding diaryl/α,β-unsaturated/α-hetero) is 1. The Balaban J connectivity index is 1.97. The molecule has 2 rings (SSSR count). The summed E-state index contributed by atoms with van der Waals surface area (Å²) in [7, 11) is 4.21. The maximum atomic E-state index is 12.2. The zero-order valence-corrected chi connectivity index (χ0v) is 11.5. The topological polar surface area (TPSA) is 41.4 Å². The van der Waals surface area contributed by atoms with Crippen LogP contribution in [0.4, 0.5) is 0 Å². The predicted molar refractivity (Wildman–Crippen MR) is 70.8 cm³/mol. The number of carbonyl (C=O) groups is 1. The molecule has 100 valence electrons. The molecule has 0 bridgehead atoms. The van der Waals surface area contributed by atoms with Crippen molar-refractivity contribution in [2.24, 2.45) is 0 Å². The smallest absolute Gasteiger partial charge is 0.167 e. The highest BCUT2D eigenvalue weighted by molar-refractivity contribution is 5.96. The van der Waals surface area contributed by atoms with E-state index in [1.165, 1.54) is 0 Å². The van der Waals surface area contributed by atoms with Crippen LogP contribution in [-0.4, -0.2) is 65.1 Å². The van der Waals surface area contributed by atoms with Crippen LogP contribution in [0.3, 0.4) is 0 Å². The lowest BCUT2D eigenvalue weighted by Gasteiger charge is -2.37. The number of aromatic nitrogens is 2. The number of likely N-dealkylation sites (N-methyl/N-ethyl adjacent to an activating group) is 2. The van der Waals surface area contributed by atoms with Gasteiger partial charge in [0.15, 0.2) is 5.78 Å². The summed E-state index contributed by atoms with van der Waals surface area (Å²) in [6.45, 7) is 5.90. The van der Waals surface area contributed by atoms with Crippen molar-refractivity contribution < 1.29 is 4.79 Å². The third-order valence-corrected chi connectivity index (χ3v) is 3.68. The van der Waals surface area contributed by atoms with Crippen molar-refractivity contribution in [1.29, 1.82) is 0 Å². The van der Waals surface area contributed by atoms with E-state index in [9.17, 15) is 4.79 Å². The number of hydrogen-bond acceptors (Lipinski definition) is 4. The van der Waals surface area contributed by atoms with Gasteiger partial charge in [0.1, 0.15) is 0 Å². The van der Waals surface area contributed by atoms with E-state index < -0.39 is 0 Å². The highest BCUT2D eigenvalue weighted by Gasteiger charge is 2.25. The van der Waals surface area contributed by atoms with Crippen LogP contribution >= 0.6 is 0 Å². The van der Waals surface area contributed by atoms with Crippen LogP contribution in [-0.2, 0) is 6.54 Å². The molecule has 1 aliphatic heterocycles. The van der Waals surface area contributed by atoms with Gasteiger partial charge in [-0.1, -0.05) is 0 Å². The number of rotatable bonds is 4. The highest BCUT2D eigenvalue weighted by atomic mass is 16.1. The molecule has 0 saturated carbocycles. The molecule has 0 radical (unpaired) electrons. The van der Waals surface area contributed by atoms with Crippen molar-refractivity contribution in [3.63, 3.8) is 0 Å². The van der Waals surface area contributed by atoms with Crippen molar-refractivity contribution >= 4 is 5.78 Å². The molecule has 1 saturated heterocycles. The third kappa shape index (κ3) is 2.97. The normalized spacial score (nSPS) is 22.3. The molecule has 2 heterocycles. The van der Waals surface area contributed by atoms with Crippen molar-refractivity contribution in [3.05, 3.63) is 18.0 Å². The molecule has 0 N–H and O–H groups in total. The van der Waals surface area contributed by atoms with Crippen molar-refractivity contribution in [2.75, 3.05) is 33.7 Å². The molecule has 18 heavy (non-hydrogen) atoms. The summed E-state index contributed by atoms with van der Waals surface area (Å²) in [4.78, 5) is 16.8. The van der Waals surface area contributed by atoms with Gasteiger partial charge in [-0.15, -0.1) is 0 Å². The minimum Gasteiger partial charge on any atom is -0.304 e. The molecule has 1 aliphatic rings. The first-order chi connectivity index (χ1) is 8.60. The molecule has 1 aromatic heterocycles. The number of nitrogens with zero attached hydrogens (tertiary/aromatic N) is 4. The fourth-order valence-electron chi connectivity index (χ4n) is 2.33. The number of carbonyl (C=O) groups excluding carboxylic acids is 1. The van der Waals surface area contributed by atoms with Gasteiger partial charge in [0.2, 0.25) is 0 Å². The lowest BCUT2D eigenvalue weighted by Crippen LogP contribution is -2.50. The van der Waals surface area contributed by atoms with E-state index in [-0.39, 0.29) is 5.78 Å². The zero-order chi connectivity index (χ0) is 13.1. The lowest BCUT2D eigenvalue weighted by molar-refractivity contribution is 0.0810. The zero-order valence-electron chi connectivity index (χ0n) is 11.5. The van der Waals surface area contributed by atoms with E-state index in [1.54, 1.807) is 10.9 Å². The molecule has 1 aromatic rings. The summed E-state index contributed by atoms with van der Waals surface area (Å²) in [5.74, 6) is 0.196. The Morgan fingerprint density at radius 3 is 2.89 bits per heavy atom. The predicted octanol–water partition coefficient (Wildman–Crippen LogP) is 0.722. The largest absolute Gasteiger partial charge is 0.304 e. The number of piperazine rings is 1. The fraction of sp³-hybridized carbons (Fsp3) is 0.692. The summed E-state index contributed by atoms with van der Waals surface area (Å²) in [6, 6.07) is 0.321. The van der Waals surface area contributed by atoms with Crippen LogP contribution in [0.25, 0.3) is 0 Å². The van der Waals surface area contributed by atoms with E-state index >= 15 is 0 Å². The monoisotopic (exact) mass is 250 g/mol. The van der Waals surface area contributed by atoms with Crippen molar-refractivity contribution in [1.82, 2.24) is 19.6 Å². The number of aryl methyl sites for hydroxylation is 1. The molecule has 0 amide bonds. The van der Waals surface area contributed by atoms with Crippen molar-refractivity contribution in [2.45, 2.75) is 25.9 Å². The Morgan fingerprint density at radius 1 is 1.44 bits per heavy atom. The number of hydrogen-bond donors (Lipinski definition) is 0. The average molecular weight is 250 g/mol. The summed E-state index contributed by atoms with van der Waals surface area (Å²) < 4.78 is 1.80. The van der Waals surface area contributed by atoms with Gasteiger partial charge in [-0.3, -0.25) is 9.48 Å². The van der Waals surface area contributed by atoms with Crippen LogP contribution in [0.5, 0.6) is 0 Å². The molecular weight excluding hydrogens is 228 g/mol. The first-order valence-corrected chi connectivity index (χ1v) is 6.54. The summed E-state index contributed by atoms with van der Waals surface area (Å²) in [5, 5.41) is 4.15. The molecular formula is C13H22N4O. The standard InChI is InChI=1S/C13H22N4O/c1-4-17-9-11(8-14-17)13(18)7-12-10-15(2)5-6-16(12)3/h8-9,12H,4-7,10H2,1-3H3. The van der Waals surface area contributed by atoms with Crippen LogP contribution < -0.4 is 0 Å². The second-order valence-electron chi connectivity index (χ2n) is 5.11. The Bertz CT molecular complexity index is 415. The first kappa shape index (κ1) is 13.2. The molecule has 1 atom stereocenters. The summed E-state index contributed by atoms with van der Waals surface area (Å²) in [5.41, 5.74) is 0.735. The van der Waals surface area contributed by atoms with E-state index in [2.05, 4.69) is 29.0 Å². The van der Waals surface area contributed by atoms with E-state index in [4.69, 9.17) is 0 Å². The van der Waals surface area contributed by atoms with Crippen molar-refractivity contribution in [3.8, 4) is 0 Å². The molecule has 0 aromatic carbocycles. The Kier molecular flexibility index (Phi) is 4.14. The molecule has 0 aliphatic carbocycles. The quantitative estimate of drug-likeness (QED) is 0.739. The van der Waals surface area contributed by atoms with E-state index in [0.717, 1.165) is 31.7 Å². The molecule has 1 unspecified atom stereocenters. The minimum atomic E-state index is 0.196. The minimum absolute atomic E-state index is 0.196. The fourth-order valence-corrected chi connectivity index (χ4v) is 2.33. The SMILES string of the molecule is CCn1cc(C(=O)CC2CN(C)CCN2C)cn1. The molecule has 0 spiro atoms. The third-order valence-electron chi connectivity index (χ3n) is 3.68. The van der Waals surface area contributed by atoms with Gasteiger partial charge < -0.3 is 9.80 Å². The Morgan fingerprint density at radius 2 is 2.22 bits per heavy atom. The Labute approximate surface area is 108 Å². The average Bonchev–Trinajstić information content (AvgIpc) is 2.82. The van der Waals surface area contributed by atoms with Gasteiger partial charge in [0.05, 0.1) is 11.8 Å². The first-order valence-electron chi connectivity index (χ1n) is 6.54. The second kappa shape index (κ2) is 5.63. The van der Waals surface area contributed by atoms with Gasteiger partial charge in [0, 0.05) is 44.8 Å². The van der Waals surface area contributed by atoms with Gasteiger partial charge in [-0.2, -0.15) is 5.10 Å². The Hall–Kier alpha value is -1.20. The molecule has 5 heteroatoms.